The maximum absolute atomic E-state index is 12.4. The molecule has 2 atom stereocenters. The van der Waals surface area contributed by atoms with E-state index in [0.29, 0.717) is 26.0 Å². The van der Waals surface area contributed by atoms with Gasteiger partial charge in [-0.25, -0.2) is 4.98 Å². The lowest BCUT2D eigenvalue weighted by Gasteiger charge is -2.39. The summed E-state index contributed by atoms with van der Waals surface area (Å²) < 4.78 is 5.01. The third kappa shape index (κ3) is 3.40. The normalized spacial score (nSPS) is 24.2. The minimum Gasteiger partial charge on any atom is -0.384 e. The van der Waals surface area contributed by atoms with Crippen LogP contribution in [0.1, 0.15) is 36.4 Å². The van der Waals surface area contributed by atoms with Crippen LogP contribution in [0.3, 0.4) is 0 Å². The standard InChI is InChI=1S/C16H23N3O3S/c1-11-17-12(10-23-11)9-19-14-5-7-18(16(21)6-8-22-2)13(14)3-4-15(19)20/h10,13-14H,3-9H2,1-2H3/t13-,14-/m1/s1. The number of carbonyl (C=O) groups excluding carboxylic acids is 2. The molecular weight excluding hydrogens is 314 g/mol. The number of aromatic nitrogens is 1. The fourth-order valence-electron chi connectivity index (χ4n) is 3.65. The van der Waals surface area contributed by atoms with Crippen LogP contribution in [0.15, 0.2) is 5.38 Å². The Morgan fingerprint density at radius 2 is 2.26 bits per heavy atom. The quantitative estimate of drug-likeness (QED) is 0.818. The molecular formula is C16H23N3O3S. The molecule has 7 heteroatoms. The smallest absolute Gasteiger partial charge is 0.225 e. The maximum atomic E-state index is 12.4. The molecule has 0 aliphatic carbocycles. The molecule has 0 saturated carbocycles. The SMILES string of the molecule is COCCC(=O)N1CC[C@@H]2[C@H]1CCC(=O)N2Cc1csc(C)n1. The van der Waals surface area contributed by atoms with Crippen molar-refractivity contribution in [1.29, 1.82) is 0 Å². The lowest BCUT2D eigenvalue weighted by atomic mass is 9.96. The van der Waals surface area contributed by atoms with Gasteiger partial charge in [0.1, 0.15) is 0 Å². The first kappa shape index (κ1) is 16.4. The highest BCUT2D eigenvalue weighted by atomic mass is 32.1. The molecule has 0 N–H and O–H groups in total. The van der Waals surface area contributed by atoms with E-state index in [1.54, 1.807) is 18.4 Å². The van der Waals surface area contributed by atoms with Crippen molar-refractivity contribution in [1.82, 2.24) is 14.8 Å². The van der Waals surface area contributed by atoms with Gasteiger partial charge in [-0.2, -0.15) is 0 Å². The predicted molar refractivity (Wildman–Crippen MR) is 87.0 cm³/mol. The summed E-state index contributed by atoms with van der Waals surface area (Å²) in [7, 11) is 1.61. The number of aryl methyl sites for hydroxylation is 1. The third-order valence-corrected chi connectivity index (χ3v) is 5.55. The molecule has 2 amide bonds. The van der Waals surface area contributed by atoms with Gasteiger partial charge in [-0.15, -0.1) is 11.3 Å². The minimum absolute atomic E-state index is 0.129. The minimum atomic E-state index is 0.129. The number of hydrogen-bond acceptors (Lipinski definition) is 5. The summed E-state index contributed by atoms with van der Waals surface area (Å²) >= 11 is 1.61. The topological polar surface area (TPSA) is 62.7 Å². The number of nitrogens with zero attached hydrogens (tertiary/aromatic N) is 3. The van der Waals surface area contributed by atoms with Crippen LogP contribution in [0.25, 0.3) is 0 Å². The molecule has 3 rings (SSSR count). The second-order valence-electron chi connectivity index (χ2n) is 6.17. The Hall–Kier alpha value is -1.47. The summed E-state index contributed by atoms with van der Waals surface area (Å²) in [6.45, 7) is 3.72. The predicted octanol–water partition coefficient (Wildman–Crippen LogP) is 1.58. The Labute approximate surface area is 140 Å². The van der Waals surface area contributed by atoms with Gasteiger partial charge in [0.2, 0.25) is 11.8 Å². The van der Waals surface area contributed by atoms with Crippen molar-refractivity contribution in [3.05, 3.63) is 16.1 Å². The van der Waals surface area contributed by atoms with Gasteiger partial charge in [0.05, 0.1) is 42.4 Å². The lowest BCUT2D eigenvalue weighted by molar-refractivity contribution is -0.142. The van der Waals surface area contributed by atoms with E-state index in [-0.39, 0.29) is 23.9 Å². The van der Waals surface area contributed by atoms with Gasteiger partial charge in [-0.3, -0.25) is 9.59 Å². The van der Waals surface area contributed by atoms with Crippen LogP contribution >= 0.6 is 11.3 Å². The number of carbonyl (C=O) groups is 2. The van der Waals surface area contributed by atoms with Gasteiger partial charge in [0.15, 0.2) is 0 Å². The molecule has 1 aromatic heterocycles. The first-order valence-corrected chi connectivity index (χ1v) is 8.97. The molecule has 6 nitrogen and oxygen atoms in total. The molecule has 0 bridgehead atoms. The molecule has 0 spiro atoms. The first-order valence-electron chi connectivity index (χ1n) is 8.09. The monoisotopic (exact) mass is 337 g/mol. The molecule has 0 aromatic carbocycles. The van der Waals surface area contributed by atoms with Crippen LogP contribution in [0.4, 0.5) is 0 Å². The summed E-state index contributed by atoms with van der Waals surface area (Å²) in [6.07, 6.45) is 2.56. The molecule has 0 radical (unpaired) electrons. The zero-order valence-electron chi connectivity index (χ0n) is 13.7. The summed E-state index contributed by atoms with van der Waals surface area (Å²) in [4.78, 5) is 33.1. The Balaban J connectivity index is 1.70. The molecule has 3 heterocycles. The average molecular weight is 337 g/mol. The van der Waals surface area contributed by atoms with Crippen LogP contribution in [0.5, 0.6) is 0 Å². The number of methoxy groups -OCH3 is 1. The number of hydrogen-bond donors (Lipinski definition) is 0. The van der Waals surface area contributed by atoms with Crippen molar-refractivity contribution < 1.29 is 14.3 Å². The first-order chi connectivity index (χ1) is 11.1. The van der Waals surface area contributed by atoms with Crippen molar-refractivity contribution in [3.8, 4) is 0 Å². The van der Waals surface area contributed by atoms with E-state index in [1.165, 1.54) is 0 Å². The van der Waals surface area contributed by atoms with Gasteiger partial charge in [-0.05, 0) is 19.8 Å². The van der Waals surface area contributed by atoms with Crippen molar-refractivity contribution in [2.45, 2.75) is 51.2 Å². The molecule has 2 aliphatic heterocycles. The summed E-state index contributed by atoms with van der Waals surface area (Å²) in [6, 6.07) is 0.279. The third-order valence-electron chi connectivity index (χ3n) is 4.72. The van der Waals surface area contributed by atoms with Crippen molar-refractivity contribution in [2.24, 2.45) is 0 Å². The number of fused-ring (bicyclic) bond motifs is 1. The molecule has 23 heavy (non-hydrogen) atoms. The number of amides is 2. The van der Waals surface area contributed by atoms with E-state index in [9.17, 15) is 9.59 Å². The van der Waals surface area contributed by atoms with Crippen LogP contribution in [0.2, 0.25) is 0 Å². The molecule has 126 valence electrons. The van der Waals surface area contributed by atoms with Crippen LogP contribution in [0, 0.1) is 6.92 Å². The van der Waals surface area contributed by atoms with E-state index >= 15 is 0 Å². The maximum Gasteiger partial charge on any atom is 0.225 e. The second-order valence-corrected chi connectivity index (χ2v) is 7.23. The highest BCUT2D eigenvalue weighted by molar-refractivity contribution is 7.09. The number of ether oxygens (including phenoxy) is 1. The summed E-state index contributed by atoms with van der Waals surface area (Å²) in [5.74, 6) is 0.321. The Bertz CT molecular complexity index is 589. The zero-order chi connectivity index (χ0) is 16.4. The number of piperidine rings is 1. The largest absolute Gasteiger partial charge is 0.384 e. The van der Waals surface area contributed by atoms with Crippen molar-refractivity contribution in [2.75, 3.05) is 20.3 Å². The molecule has 1 aromatic rings. The molecule has 2 saturated heterocycles. The van der Waals surface area contributed by atoms with Crippen molar-refractivity contribution >= 4 is 23.2 Å². The molecule has 0 unspecified atom stereocenters. The van der Waals surface area contributed by atoms with Crippen LogP contribution < -0.4 is 0 Å². The zero-order valence-corrected chi connectivity index (χ0v) is 14.5. The number of likely N-dealkylation sites (tertiary alicyclic amines) is 2. The fraction of sp³-hybridized carbons (Fsp3) is 0.688. The molecule has 2 fully saturated rings. The van der Waals surface area contributed by atoms with E-state index in [4.69, 9.17) is 4.74 Å². The highest BCUT2D eigenvalue weighted by Gasteiger charge is 2.44. The lowest BCUT2D eigenvalue weighted by Crippen LogP contribution is -2.52. The van der Waals surface area contributed by atoms with Gasteiger partial charge in [-0.1, -0.05) is 0 Å². The van der Waals surface area contributed by atoms with E-state index < -0.39 is 0 Å². The molecule has 2 aliphatic rings. The number of thiazole rings is 1. The average Bonchev–Trinajstić information content (AvgIpc) is 3.14. The fourth-order valence-corrected chi connectivity index (χ4v) is 4.26. The van der Waals surface area contributed by atoms with Gasteiger partial charge >= 0.3 is 0 Å². The van der Waals surface area contributed by atoms with Gasteiger partial charge in [0, 0.05) is 25.5 Å². The summed E-state index contributed by atoms with van der Waals surface area (Å²) in [5.41, 5.74) is 0.950. The number of rotatable bonds is 5. The van der Waals surface area contributed by atoms with Gasteiger partial charge < -0.3 is 14.5 Å². The second kappa shape index (κ2) is 6.97. The van der Waals surface area contributed by atoms with Crippen LogP contribution in [-0.2, 0) is 20.9 Å². The van der Waals surface area contributed by atoms with E-state index in [2.05, 4.69) is 4.98 Å². The van der Waals surface area contributed by atoms with Crippen LogP contribution in [-0.4, -0.2) is 58.9 Å². The Morgan fingerprint density at radius 1 is 1.43 bits per heavy atom. The Morgan fingerprint density at radius 3 is 2.96 bits per heavy atom. The Kier molecular flexibility index (Phi) is 4.96. The highest BCUT2D eigenvalue weighted by Crippen LogP contribution is 2.33. The van der Waals surface area contributed by atoms with E-state index in [1.807, 2.05) is 22.1 Å². The van der Waals surface area contributed by atoms with Crippen molar-refractivity contribution in [3.63, 3.8) is 0 Å². The summed E-state index contributed by atoms with van der Waals surface area (Å²) in [5, 5.41) is 3.03. The van der Waals surface area contributed by atoms with Gasteiger partial charge in [0.25, 0.3) is 0 Å². The van der Waals surface area contributed by atoms with E-state index in [0.717, 1.165) is 30.1 Å².